The van der Waals surface area contributed by atoms with E-state index in [1.165, 1.54) is 32.1 Å². The van der Waals surface area contributed by atoms with Gasteiger partial charge in [-0.3, -0.25) is 0 Å². The Balaban J connectivity index is 2.14. The van der Waals surface area contributed by atoms with E-state index in [1.54, 1.807) is 6.20 Å². The Labute approximate surface area is 100 Å². The van der Waals surface area contributed by atoms with Gasteiger partial charge in [0.25, 0.3) is 0 Å². The van der Waals surface area contributed by atoms with Crippen LogP contribution in [0.5, 0.6) is 0 Å². The fourth-order valence-electron chi connectivity index (χ4n) is 2.13. The van der Waals surface area contributed by atoms with Crippen LogP contribution in [0.25, 0.3) is 0 Å². The second-order valence-electron chi connectivity index (χ2n) is 4.12. The second-order valence-corrected chi connectivity index (χ2v) is 4.47. The van der Waals surface area contributed by atoms with Crippen molar-refractivity contribution in [2.75, 3.05) is 5.32 Å². The van der Waals surface area contributed by atoms with Crippen molar-refractivity contribution in [1.82, 2.24) is 4.98 Å². The minimum absolute atomic E-state index is 0.281. The number of anilines is 1. The van der Waals surface area contributed by atoms with E-state index in [9.17, 15) is 0 Å². The molecular weight excluding hydrogens is 222 g/mol. The summed E-state index contributed by atoms with van der Waals surface area (Å²) in [5, 5.41) is 12.7. The highest BCUT2D eigenvalue weighted by Crippen LogP contribution is 2.25. The van der Waals surface area contributed by atoms with Gasteiger partial charge >= 0.3 is 0 Å². The topological polar surface area (TPSA) is 48.7 Å². The zero-order valence-corrected chi connectivity index (χ0v) is 9.80. The monoisotopic (exact) mass is 235 g/mol. The minimum atomic E-state index is 0.281. The first-order chi connectivity index (χ1) is 7.81. The second kappa shape index (κ2) is 5.18. The van der Waals surface area contributed by atoms with Crippen molar-refractivity contribution in [1.29, 1.82) is 5.26 Å². The zero-order valence-electron chi connectivity index (χ0n) is 9.04. The molecule has 0 saturated heterocycles. The first-order valence-corrected chi connectivity index (χ1v) is 6.00. The van der Waals surface area contributed by atoms with Crippen molar-refractivity contribution >= 4 is 17.3 Å². The molecular formula is C12H14ClN3. The van der Waals surface area contributed by atoms with E-state index in [1.807, 2.05) is 6.07 Å². The Morgan fingerprint density at radius 3 is 2.81 bits per heavy atom. The fraction of sp³-hybridized carbons (Fsp3) is 0.500. The van der Waals surface area contributed by atoms with Crippen molar-refractivity contribution in [3.05, 3.63) is 23.0 Å². The van der Waals surface area contributed by atoms with Crippen LogP contribution in [0.3, 0.4) is 0 Å². The molecule has 0 unspecified atom stereocenters. The Morgan fingerprint density at radius 2 is 2.12 bits per heavy atom. The lowest BCUT2D eigenvalue weighted by molar-refractivity contribution is 0.462. The highest BCUT2D eigenvalue weighted by Gasteiger charge is 2.15. The van der Waals surface area contributed by atoms with Crippen LogP contribution in [-0.4, -0.2) is 11.0 Å². The van der Waals surface area contributed by atoms with Gasteiger partial charge in [0, 0.05) is 12.2 Å². The number of nitrogens with one attached hydrogen (secondary N) is 1. The molecule has 1 aromatic heterocycles. The number of aromatic nitrogens is 1. The maximum atomic E-state index is 9.01. The lowest BCUT2D eigenvalue weighted by Gasteiger charge is -2.24. The molecule has 16 heavy (non-hydrogen) atoms. The van der Waals surface area contributed by atoms with Crippen molar-refractivity contribution < 1.29 is 0 Å². The summed E-state index contributed by atoms with van der Waals surface area (Å²) >= 11 is 5.87. The molecule has 1 fully saturated rings. The summed E-state index contributed by atoms with van der Waals surface area (Å²) in [6, 6.07) is 4.39. The van der Waals surface area contributed by atoms with Crippen LogP contribution >= 0.6 is 11.6 Å². The Hall–Kier alpha value is -1.27. The number of hydrogen-bond acceptors (Lipinski definition) is 3. The summed E-state index contributed by atoms with van der Waals surface area (Å²) in [6.07, 6.45) is 7.82. The van der Waals surface area contributed by atoms with Crippen LogP contribution in [0.4, 0.5) is 5.69 Å². The van der Waals surface area contributed by atoms with Gasteiger partial charge < -0.3 is 5.32 Å². The molecule has 1 aromatic rings. The van der Waals surface area contributed by atoms with E-state index in [4.69, 9.17) is 16.9 Å². The van der Waals surface area contributed by atoms with Crippen LogP contribution < -0.4 is 5.32 Å². The lowest BCUT2D eigenvalue weighted by Crippen LogP contribution is -2.22. The quantitative estimate of drug-likeness (QED) is 0.800. The first-order valence-electron chi connectivity index (χ1n) is 5.62. The van der Waals surface area contributed by atoms with E-state index in [0.29, 0.717) is 11.6 Å². The molecule has 1 heterocycles. The molecule has 0 amide bonds. The summed E-state index contributed by atoms with van der Waals surface area (Å²) in [5.74, 6) is 0. The number of pyridine rings is 1. The molecule has 1 N–H and O–H groups in total. The van der Waals surface area contributed by atoms with E-state index < -0.39 is 0 Å². The molecule has 1 saturated carbocycles. The van der Waals surface area contributed by atoms with Gasteiger partial charge in [-0.2, -0.15) is 5.26 Å². The van der Waals surface area contributed by atoms with Crippen LogP contribution in [0.2, 0.25) is 5.15 Å². The van der Waals surface area contributed by atoms with Gasteiger partial charge in [-0.15, -0.1) is 0 Å². The molecule has 84 valence electrons. The SMILES string of the molecule is N#Cc1c(NC2CCCCC2)ccnc1Cl. The first kappa shape index (κ1) is 11.2. The van der Waals surface area contributed by atoms with Crippen molar-refractivity contribution in [2.24, 2.45) is 0 Å². The van der Waals surface area contributed by atoms with E-state index in [-0.39, 0.29) is 5.15 Å². The predicted molar refractivity (Wildman–Crippen MR) is 64.5 cm³/mol. The Kier molecular flexibility index (Phi) is 3.63. The van der Waals surface area contributed by atoms with Gasteiger partial charge in [0.1, 0.15) is 16.8 Å². The molecule has 4 heteroatoms. The minimum Gasteiger partial charge on any atom is -0.381 e. The van der Waals surface area contributed by atoms with Crippen LogP contribution in [0.15, 0.2) is 12.3 Å². The van der Waals surface area contributed by atoms with Gasteiger partial charge in [0.15, 0.2) is 0 Å². The van der Waals surface area contributed by atoms with Crippen LogP contribution in [0.1, 0.15) is 37.7 Å². The molecule has 3 nitrogen and oxygen atoms in total. The molecule has 0 radical (unpaired) electrons. The highest BCUT2D eigenvalue weighted by molar-refractivity contribution is 6.30. The molecule has 0 spiro atoms. The molecule has 1 aliphatic carbocycles. The summed E-state index contributed by atoms with van der Waals surface area (Å²) in [6.45, 7) is 0. The molecule has 0 aromatic carbocycles. The number of hydrogen-bond donors (Lipinski definition) is 1. The van der Waals surface area contributed by atoms with Crippen molar-refractivity contribution in [2.45, 2.75) is 38.1 Å². The van der Waals surface area contributed by atoms with Gasteiger partial charge in [0.2, 0.25) is 0 Å². The molecule has 2 rings (SSSR count). The van der Waals surface area contributed by atoms with Gasteiger partial charge in [-0.25, -0.2) is 4.98 Å². The van der Waals surface area contributed by atoms with E-state index >= 15 is 0 Å². The van der Waals surface area contributed by atoms with Crippen molar-refractivity contribution in [3.8, 4) is 6.07 Å². The third-order valence-electron chi connectivity index (χ3n) is 2.98. The summed E-state index contributed by atoms with van der Waals surface area (Å²) in [4.78, 5) is 3.91. The zero-order chi connectivity index (χ0) is 11.4. The number of rotatable bonds is 2. The summed E-state index contributed by atoms with van der Waals surface area (Å²) < 4.78 is 0. The number of halogens is 1. The highest BCUT2D eigenvalue weighted by atomic mass is 35.5. The fourth-order valence-corrected chi connectivity index (χ4v) is 2.33. The van der Waals surface area contributed by atoms with Gasteiger partial charge in [0.05, 0.1) is 5.69 Å². The average molecular weight is 236 g/mol. The average Bonchev–Trinajstić information content (AvgIpc) is 2.31. The third-order valence-corrected chi connectivity index (χ3v) is 3.27. The van der Waals surface area contributed by atoms with Gasteiger partial charge in [-0.05, 0) is 18.9 Å². The number of nitriles is 1. The number of nitrogens with zero attached hydrogens (tertiary/aromatic N) is 2. The third kappa shape index (κ3) is 2.45. The standard InChI is InChI=1S/C12H14ClN3/c13-12-10(8-14)11(6-7-15-12)16-9-4-2-1-3-5-9/h6-7,9H,1-5H2,(H,15,16). The summed E-state index contributed by atoms with van der Waals surface area (Å²) in [5.41, 5.74) is 1.27. The Morgan fingerprint density at radius 1 is 1.38 bits per heavy atom. The Bertz CT molecular complexity index is 405. The molecule has 0 atom stereocenters. The van der Waals surface area contributed by atoms with E-state index in [0.717, 1.165) is 5.69 Å². The predicted octanol–water partition coefficient (Wildman–Crippen LogP) is 3.35. The molecule has 0 aliphatic heterocycles. The molecule has 1 aliphatic rings. The maximum Gasteiger partial charge on any atom is 0.148 e. The van der Waals surface area contributed by atoms with Crippen LogP contribution in [0, 0.1) is 11.3 Å². The lowest BCUT2D eigenvalue weighted by atomic mass is 9.95. The van der Waals surface area contributed by atoms with E-state index in [2.05, 4.69) is 16.4 Å². The van der Waals surface area contributed by atoms with Crippen LogP contribution in [-0.2, 0) is 0 Å². The molecule has 0 bridgehead atoms. The summed E-state index contributed by atoms with van der Waals surface area (Å²) in [7, 11) is 0. The maximum absolute atomic E-state index is 9.01. The van der Waals surface area contributed by atoms with Gasteiger partial charge in [-0.1, -0.05) is 30.9 Å². The largest absolute Gasteiger partial charge is 0.381 e. The smallest absolute Gasteiger partial charge is 0.148 e. The van der Waals surface area contributed by atoms with Crippen molar-refractivity contribution in [3.63, 3.8) is 0 Å². The normalized spacial score (nSPS) is 16.8.